The smallest absolute Gasteiger partial charge is 0.306 e. The summed E-state index contributed by atoms with van der Waals surface area (Å²) in [6.45, 7) is 6.64. The standard InChI is InChI=1S/C71H126O6/c1-4-7-10-13-16-19-22-25-27-29-31-33-34-35-36-38-39-41-43-46-49-52-55-58-61-64-70(73)76-67-68(66-75-69(72)63-60-57-54-51-48-45-24-21-18-15-12-9-6-3)77-71(74)65-62-59-56-53-50-47-44-42-40-37-32-30-28-26-23-20-17-14-11-8-5-2/h22-23,25-26,29-32,34-35,40,42,68H,4-21,24,27-28,33,36-39,41,43-67H2,1-3H3/b25-22-,26-23-,31-29-,32-30-,35-34-,42-40-. The van der Waals surface area contributed by atoms with Crippen LogP contribution in [0.5, 0.6) is 0 Å². The van der Waals surface area contributed by atoms with Gasteiger partial charge in [0, 0.05) is 19.3 Å². The van der Waals surface area contributed by atoms with Gasteiger partial charge in [-0.1, -0.05) is 299 Å². The summed E-state index contributed by atoms with van der Waals surface area (Å²) in [4.78, 5) is 38.4. The molecule has 1 unspecified atom stereocenters. The Balaban J connectivity index is 4.33. The second kappa shape index (κ2) is 65.4. The van der Waals surface area contributed by atoms with E-state index < -0.39 is 6.10 Å². The van der Waals surface area contributed by atoms with Crippen LogP contribution >= 0.6 is 0 Å². The van der Waals surface area contributed by atoms with E-state index in [4.69, 9.17) is 14.2 Å². The van der Waals surface area contributed by atoms with Gasteiger partial charge >= 0.3 is 17.9 Å². The van der Waals surface area contributed by atoms with Crippen LogP contribution in [0.2, 0.25) is 0 Å². The minimum atomic E-state index is -0.784. The maximum atomic E-state index is 12.9. The summed E-state index contributed by atoms with van der Waals surface area (Å²) >= 11 is 0. The SMILES string of the molecule is CCCCCCC/C=C\C/C=C\C/C=C\CCCCCCCCCCCCC(=O)OCC(COC(=O)CCCCCCCCCCCCCCC)OC(=O)CCCCCCCC/C=C\C/C=C\C/C=C\CCCCCCC. The lowest BCUT2D eigenvalue weighted by atomic mass is 10.0. The number of ether oxygens (including phenoxy) is 3. The molecule has 0 aliphatic rings. The Kier molecular flexibility index (Phi) is 62.7. The van der Waals surface area contributed by atoms with Crippen molar-refractivity contribution in [2.45, 2.75) is 348 Å². The van der Waals surface area contributed by atoms with E-state index in [1.807, 2.05) is 0 Å². The van der Waals surface area contributed by atoms with E-state index in [1.54, 1.807) is 0 Å². The van der Waals surface area contributed by atoms with Crippen molar-refractivity contribution in [2.24, 2.45) is 0 Å². The zero-order chi connectivity index (χ0) is 55.7. The molecule has 6 nitrogen and oxygen atoms in total. The van der Waals surface area contributed by atoms with E-state index in [-0.39, 0.29) is 31.1 Å². The first kappa shape index (κ1) is 73.8. The number of rotatable bonds is 61. The normalized spacial score (nSPS) is 12.5. The van der Waals surface area contributed by atoms with Crippen molar-refractivity contribution in [3.8, 4) is 0 Å². The summed E-state index contributed by atoms with van der Waals surface area (Å²) in [5, 5.41) is 0. The van der Waals surface area contributed by atoms with Crippen LogP contribution in [0.25, 0.3) is 0 Å². The molecule has 0 aromatic carbocycles. The fourth-order valence-electron chi connectivity index (χ4n) is 9.64. The van der Waals surface area contributed by atoms with E-state index >= 15 is 0 Å². The average molecular weight is 1080 g/mol. The summed E-state index contributed by atoms with van der Waals surface area (Å²) in [5.41, 5.74) is 0. The highest BCUT2D eigenvalue weighted by Gasteiger charge is 2.19. The van der Waals surface area contributed by atoms with Gasteiger partial charge in [0.05, 0.1) is 0 Å². The zero-order valence-corrected chi connectivity index (χ0v) is 51.2. The van der Waals surface area contributed by atoms with Gasteiger partial charge in [-0.05, 0) is 96.3 Å². The molecule has 0 bridgehead atoms. The number of hydrogen-bond acceptors (Lipinski definition) is 6. The van der Waals surface area contributed by atoms with Crippen LogP contribution in [0.3, 0.4) is 0 Å². The fourth-order valence-corrected chi connectivity index (χ4v) is 9.64. The molecule has 1 atom stereocenters. The molecule has 6 heteroatoms. The lowest BCUT2D eigenvalue weighted by molar-refractivity contribution is -0.167. The van der Waals surface area contributed by atoms with Gasteiger partial charge in [-0.3, -0.25) is 14.4 Å². The topological polar surface area (TPSA) is 78.9 Å². The van der Waals surface area contributed by atoms with Gasteiger partial charge in [-0.2, -0.15) is 0 Å². The summed E-state index contributed by atoms with van der Waals surface area (Å²) < 4.78 is 16.9. The Hall–Kier alpha value is -3.15. The molecular formula is C71H126O6. The molecule has 0 saturated heterocycles. The lowest BCUT2D eigenvalue weighted by Crippen LogP contribution is -2.30. The number of hydrogen-bond donors (Lipinski definition) is 0. The van der Waals surface area contributed by atoms with Gasteiger partial charge in [0.2, 0.25) is 0 Å². The third-order valence-electron chi connectivity index (χ3n) is 14.7. The molecule has 0 rings (SSSR count). The lowest BCUT2D eigenvalue weighted by Gasteiger charge is -2.18. The molecule has 0 radical (unpaired) electrons. The largest absolute Gasteiger partial charge is 0.462 e. The second-order valence-corrected chi connectivity index (χ2v) is 22.4. The van der Waals surface area contributed by atoms with Crippen LogP contribution in [0, 0.1) is 0 Å². The maximum Gasteiger partial charge on any atom is 0.306 e. The highest BCUT2D eigenvalue weighted by Crippen LogP contribution is 2.17. The highest BCUT2D eigenvalue weighted by molar-refractivity contribution is 5.71. The summed E-state index contributed by atoms with van der Waals surface area (Å²) in [7, 11) is 0. The van der Waals surface area contributed by atoms with Gasteiger partial charge in [-0.15, -0.1) is 0 Å². The quantitative estimate of drug-likeness (QED) is 0.0261. The number of carbonyl (C=O) groups excluding carboxylic acids is 3. The Morgan fingerprint density at radius 1 is 0.260 bits per heavy atom. The predicted molar refractivity (Wildman–Crippen MR) is 335 cm³/mol. The van der Waals surface area contributed by atoms with Crippen molar-refractivity contribution in [2.75, 3.05) is 13.2 Å². The molecule has 0 amide bonds. The molecule has 0 fully saturated rings. The van der Waals surface area contributed by atoms with Crippen LogP contribution < -0.4 is 0 Å². The third-order valence-corrected chi connectivity index (χ3v) is 14.7. The predicted octanol–water partition coefficient (Wildman–Crippen LogP) is 22.9. The van der Waals surface area contributed by atoms with Crippen molar-refractivity contribution < 1.29 is 28.6 Å². The zero-order valence-electron chi connectivity index (χ0n) is 51.2. The number of esters is 3. The highest BCUT2D eigenvalue weighted by atomic mass is 16.6. The van der Waals surface area contributed by atoms with E-state index in [2.05, 4.69) is 93.7 Å². The Morgan fingerprint density at radius 3 is 0.727 bits per heavy atom. The van der Waals surface area contributed by atoms with E-state index in [1.165, 1.54) is 205 Å². The van der Waals surface area contributed by atoms with Gasteiger partial charge in [0.15, 0.2) is 6.10 Å². The Morgan fingerprint density at radius 2 is 0.468 bits per heavy atom. The second-order valence-electron chi connectivity index (χ2n) is 22.4. The van der Waals surface area contributed by atoms with E-state index in [0.29, 0.717) is 19.3 Å². The summed E-state index contributed by atoms with van der Waals surface area (Å²) in [5.74, 6) is -0.879. The van der Waals surface area contributed by atoms with Gasteiger partial charge in [0.25, 0.3) is 0 Å². The molecule has 0 aliphatic heterocycles. The molecule has 0 aromatic heterocycles. The van der Waals surface area contributed by atoms with E-state index in [0.717, 1.165) is 96.3 Å². The van der Waals surface area contributed by atoms with Crippen molar-refractivity contribution in [3.05, 3.63) is 72.9 Å². The molecular weight excluding hydrogens is 949 g/mol. The van der Waals surface area contributed by atoms with Gasteiger partial charge < -0.3 is 14.2 Å². The van der Waals surface area contributed by atoms with Crippen LogP contribution in [0.1, 0.15) is 342 Å². The van der Waals surface area contributed by atoms with Crippen molar-refractivity contribution >= 4 is 17.9 Å². The molecule has 77 heavy (non-hydrogen) atoms. The van der Waals surface area contributed by atoms with Crippen LogP contribution in [-0.4, -0.2) is 37.2 Å². The van der Waals surface area contributed by atoms with Crippen molar-refractivity contribution in [3.63, 3.8) is 0 Å². The monoisotopic (exact) mass is 1070 g/mol. The van der Waals surface area contributed by atoms with Crippen LogP contribution in [0.15, 0.2) is 72.9 Å². The van der Waals surface area contributed by atoms with Gasteiger partial charge in [-0.25, -0.2) is 0 Å². The first-order chi connectivity index (χ1) is 38.0. The minimum absolute atomic E-state index is 0.0790. The molecule has 0 saturated carbocycles. The van der Waals surface area contributed by atoms with Gasteiger partial charge in [0.1, 0.15) is 13.2 Å². The Bertz CT molecular complexity index is 1420. The first-order valence-electron chi connectivity index (χ1n) is 33.4. The molecule has 0 spiro atoms. The van der Waals surface area contributed by atoms with Crippen molar-refractivity contribution in [1.82, 2.24) is 0 Å². The molecule has 0 N–H and O–H groups in total. The number of allylic oxidation sites excluding steroid dienone is 12. The molecule has 446 valence electrons. The van der Waals surface area contributed by atoms with Crippen LogP contribution in [-0.2, 0) is 28.6 Å². The minimum Gasteiger partial charge on any atom is -0.462 e. The molecule has 0 aliphatic carbocycles. The van der Waals surface area contributed by atoms with Crippen molar-refractivity contribution in [1.29, 1.82) is 0 Å². The summed E-state index contributed by atoms with van der Waals surface area (Å²) in [6.07, 6.45) is 84.8. The fraction of sp³-hybridized carbons (Fsp3) is 0.789. The maximum absolute atomic E-state index is 12.9. The Labute approximate surface area is 478 Å². The average Bonchev–Trinajstić information content (AvgIpc) is 3.43. The van der Waals surface area contributed by atoms with Crippen LogP contribution in [0.4, 0.5) is 0 Å². The van der Waals surface area contributed by atoms with E-state index in [9.17, 15) is 14.4 Å². The third kappa shape index (κ3) is 63.6. The number of unbranched alkanes of at least 4 members (excludes halogenated alkanes) is 38. The molecule has 0 heterocycles. The first-order valence-corrected chi connectivity index (χ1v) is 33.4. The summed E-state index contributed by atoms with van der Waals surface area (Å²) in [6, 6.07) is 0. The number of carbonyl (C=O) groups is 3. The molecule has 0 aromatic rings.